The van der Waals surface area contributed by atoms with Crippen molar-refractivity contribution in [2.45, 2.75) is 47.1 Å². The largest absolute Gasteiger partial charge is 0.468 e. The van der Waals surface area contributed by atoms with Crippen LogP contribution < -0.4 is 0 Å². The summed E-state index contributed by atoms with van der Waals surface area (Å²) in [4.78, 5) is 8.40. The predicted molar refractivity (Wildman–Crippen MR) is 71.4 cm³/mol. The van der Waals surface area contributed by atoms with Gasteiger partial charge >= 0.3 is 0 Å². The molecule has 0 aliphatic carbocycles. The van der Waals surface area contributed by atoms with Gasteiger partial charge in [0.05, 0.1) is 12.1 Å². The smallest absolute Gasteiger partial charge is 0.236 e. The van der Waals surface area contributed by atoms with Gasteiger partial charge in [-0.25, -0.2) is 9.98 Å². The number of rotatable bonds is 1. The van der Waals surface area contributed by atoms with Crippen molar-refractivity contribution in [3.63, 3.8) is 0 Å². The second-order valence-electron chi connectivity index (χ2n) is 3.36. The maximum absolute atomic E-state index is 5.59. The van der Waals surface area contributed by atoms with Crippen LogP contribution in [0.2, 0.25) is 0 Å². The third-order valence-electron chi connectivity index (χ3n) is 1.63. The second kappa shape index (κ2) is 7.39. The lowest BCUT2D eigenvalue weighted by Crippen LogP contribution is -2.24. The van der Waals surface area contributed by atoms with Gasteiger partial charge in [0.25, 0.3) is 0 Å². The van der Waals surface area contributed by atoms with Crippen LogP contribution in [0.15, 0.2) is 15.9 Å². The molecule has 0 N–H and O–H groups in total. The SMILES string of the molecule is CC.CC.CC1(C)CN=C(c2cscn2)O1. The van der Waals surface area contributed by atoms with Crippen molar-refractivity contribution in [2.75, 3.05) is 6.54 Å². The molecule has 3 nitrogen and oxygen atoms in total. The minimum Gasteiger partial charge on any atom is -0.468 e. The highest BCUT2D eigenvalue weighted by molar-refractivity contribution is 7.07. The average molecular weight is 242 g/mol. The summed E-state index contributed by atoms with van der Waals surface area (Å²) in [6, 6.07) is 0. The van der Waals surface area contributed by atoms with E-state index in [9.17, 15) is 0 Å². The first-order chi connectivity index (χ1) is 7.67. The highest BCUT2D eigenvalue weighted by atomic mass is 32.1. The van der Waals surface area contributed by atoms with Gasteiger partial charge in [-0.3, -0.25) is 0 Å². The van der Waals surface area contributed by atoms with Crippen molar-refractivity contribution in [1.82, 2.24) is 4.98 Å². The van der Waals surface area contributed by atoms with Crippen LogP contribution in [0.25, 0.3) is 0 Å². The fourth-order valence-corrected chi connectivity index (χ4v) is 1.57. The molecule has 2 rings (SSSR count). The van der Waals surface area contributed by atoms with Gasteiger partial charge in [0, 0.05) is 5.38 Å². The van der Waals surface area contributed by atoms with Gasteiger partial charge in [-0.15, -0.1) is 11.3 Å². The number of ether oxygens (including phenoxy) is 1. The second-order valence-corrected chi connectivity index (χ2v) is 4.08. The van der Waals surface area contributed by atoms with E-state index in [1.165, 1.54) is 0 Å². The van der Waals surface area contributed by atoms with Gasteiger partial charge in [-0.2, -0.15) is 0 Å². The minimum absolute atomic E-state index is 0.154. The molecule has 0 unspecified atom stereocenters. The van der Waals surface area contributed by atoms with E-state index >= 15 is 0 Å². The van der Waals surface area contributed by atoms with Gasteiger partial charge in [-0.05, 0) is 13.8 Å². The number of aliphatic imine (C=N–C) groups is 1. The molecule has 1 aromatic rings. The molecular weight excluding hydrogens is 220 g/mol. The van der Waals surface area contributed by atoms with E-state index in [2.05, 4.69) is 9.98 Å². The number of hydrogen-bond acceptors (Lipinski definition) is 4. The Bertz CT molecular complexity index is 305. The molecule has 1 aromatic heterocycles. The fraction of sp³-hybridized carbons (Fsp3) is 0.667. The summed E-state index contributed by atoms with van der Waals surface area (Å²) < 4.78 is 5.59. The highest BCUT2D eigenvalue weighted by Crippen LogP contribution is 2.20. The van der Waals surface area contributed by atoms with Crippen LogP contribution >= 0.6 is 11.3 Å². The molecule has 2 heterocycles. The van der Waals surface area contributed by atoms with Crippen molar-refractivity contribution < 1.29 is 4.74 Å². The van der Waals surface area contributed by atoms with E-state index < -0.39 is 0 Å². The molecule has 1 aliphatic rings. The Morgan fingerprint density at radius 1 is 1.25 bits per heavy atom. The zero-order valence-corrected chi connectivity index (χ0v) is 11.9. The van der Waals surface area contributed by atoms with Crippen molar-refractivity contribution >= 4 is 17.2 Å². The first-order valence-electron chi connectivity index (χ1n) is 5.79. The van der Waals surface area contributed by atoms with Gasteiger partial charge in [0.15, 0.2) is 0 Å². The number of aromatic nitrogens is 1. The molecule has 0 atom stereocenters. The van der Waals surface area contributed by atoms with Crippen LogP contribution in [-0.2, 0) is 4.74 Å². The molecule has 4 heteroatoms. The van der Waals surface area contributed by atoms with Crippen molar-refractivity contribution in [3.05, 3.63) is 16.6 Å². The van der Waals surface area contributed by atoms with Crippen LogP contribution in [0.3, 0.4) is 0 Å². The number of thiazole rings is 1. The molecule has 0 radical (unpaired) electrons. The van der Waals surface area contributed by atoms with Gasteiger partial charge in [0.2, 0.25) is 5.90 Å². The van der Waals surface area contributed by atoms with Crippen LogP contribution in [0.1, 0.15) is 47.2 Å². The van der Waals surface area contributed by atoms with E-state index in [4.69, 9.17) is 4.74 Å². The Labute approximate surface area is 103 Å². The molecule has 0 spiro atoms. The summed E-state index contributed by atoms with van der Waals surface area (Å²) in [5, 5.41) is 1.94. The Balaban J connectivity index is 0.000000509. The lowest BCUT2D eigenvalue weighted by atomic mass is 10.1. The molecule has 92 valence electrons. The first-order valence-corrected chi connectivity index (χ1v) is 6.74. The predicted octanol–water partition coefficient (Wildman–Crippen LogP) is 3.75. The summed E-state index contributed by atoms with van der Waals surface area (Å²) in [6.07, 6.45) is 0. The number of nitrogens with zero attached hydrogens (tertiary/aromatic N) is 2. The van der Waals surface area contributed by atoms with Crippen molar-refractivity contribution in [2.24, 2.45) is 4.99 Å². The van der Waals surface area contributed by atoms with E-state index in [-0.39, 0.29) is 5.60 Å². The number of hydrogen-bond donors (Lipinski definition) is 0. The summed E-state index contributed by atoms with van der Waals surface area (Å²) in [5.41, 5.74) is 2.48. The Hall–Kier alpha value is -0.900. The zero-order chi connectivity index (χ0) is 12.6. The molecule has 0 aromatic carbocycles. The topological polar surface area (TPSA) is 34.5 Å². The fourth-order valence-electron chi connectivity index (χ4n) is 1.04. The third kappa shape index (κ3) is 4.31. The average Bonchev–Trinajstić information content (AvgIpc) is 2.92. The normalized spacial score (nSPS) is 16.0. The van der Waals surface area contributed by atoms with Crippen molar-refractivity contribution in [3.8, 4) is 0 Å². The summed E-state index contributed by atoms with van der Waals surface area (Å²) in [5.74, 6) is 0.682. The molecular formula is C12H22N2OS. The van der Waals surface area contributed by atoms with E-state index in [1.807, 2.05) is 46.9 Å². The molecule has 0 saturated heterocycles. The van der Waals surface area contributed by atoms with Gasteiger partial charge in [0.1, 0.15) is 11.3 Å². The molecule has 0 fully saturated rings. The quantitative estimate of drug-likeness (QED) is 0.751. The van der Waals surface area contributed by atoms with Gasteiger partial charge < -0.3 is 4.74 Å². The Morgan fingerprint density at radius 3 is 2.25 bits per heavy atom. The van der Waals surface area contributed by atoms with Crippen LogP contribution in [0.5, 0.6) is 0 Å². The van der Waals surface area contributed by atoms with Crippen LogP contribution in [-0.4, -0.2) is 23.0 Å². The monoisotopic (exact) mass is 242 g/mol. The Morgan fingerprint density at radius 2 is 1.88 bits per heavy atom. The highest BCUT2D eigenvalue weighted by Gasteiger charge is 2.28. The van der Waals surface area contributed by atoms with Crippen LogP contribution in [0, 0.1) is 0 Å². The third-order valence-corrected chi connectivity index (χ3v) is 2.21. The van der Waals surface area contributed by atoms with E-state index in [0.717, 1.165) is 12.2 Å². The maximum atomic E-state index is 5.59. The summed E-state index contributed by atoms with van der Waals surface area (Å²) >= 11 is 1.55. The molecule has 16 heavy (non-hydrogen) atoms. The van der Waals surface area contributed by atoms with E-state index in [0.29, 0.717) is 5.90 Å². The standard InChI is InChI=1S/C8H10N2OS.2C2H6/c1-8(2)4-9-7(11-8)6-3-12-5-10-6;2*1-2/h3,5H,4H2,1-2H3;2*1-2H3. The minimum atomic E-state index is -0.154. The lowest BCUT2D eigenvalue weighted by molar-refractivity contribution is 0.131. The molecule has 0 saturated carbocycles. The molecule has 0 bridgehead atoms. The molecule has 1 aliphatic heterocycles. The summed E-state index contributed by atoms with van der Waals surface area (Å²) in [7, 11) is 0. The first kappa shape index (κ1) is 15.1. The maximum Gasteiger partial charge on any atom is 0.236 e. The lowest BCUT2D eigenvalue weighted by Gasteiger charge is -2.16. The van der Waals surface area contributed by atoms with Crippen molar-refractivity contribution in [1.29, 1.82) is 0 Å². The Kier molecular flexibility index (Phi) is 6.97. The summed E-state index contributed by atoms with van der Waals surface area (Å²) in [6.45, 7) is 12.8. The van der Waals surface area contributed by atoms with E-state index in [1.54, 1.807) is 16.8 Å². The van der Waals surface area contributed by atoms with Crippen LogP contribution in [0.4, 0.5) is 0 Å². The van der Waals surface area contributed by atoms with Gasteiger partial charge in [-0.1, -0.05) is 27.7 Å². The zero-order valence-electron chi connectivity index (χ0n) is 11.1. The molecule has 0 amide bonds.